The van der Waals surface area contributed by atoms with Gasteiger partial charge in [0.25, 0.3) is 10.1 Å². The average molecular weight is 450 g/mol. The lowest BCUT2D eigenvalue weighted by Gasteiger charge is -2.58. The molecule has 4 atom stereocenters. The summed E-state index contributed by atoms with van der Waals surface area (Å²) in [5.41, 5.74) is 2.15. The van der Waals surface area contributed by atoms with Crippen molar-refractivity contribution >= 4 is 21.7 Å². The second-order valence-electron chi connectivity index (χ2n) is 10.2. The van der Waals surface area contributed by atoms with Crippen LogP contribution in [0, 0.1) is 22.7 Å². The van der Waals surface area contributed by atoms with Crippen molar-refractivity contribution in [2.75, 3.05) is 19.3 Å². The van der Waals surface area contributed by atoms with Crippen molar-refractivity contribution in [3.63, 3.8) is 0 Å². The minimum absolute atomic E-state index is 0.0602. The molecular formula is C24H35NO5S. The largest absolute Gasteiger partial charge is 0.370 e. The lowest BCUT2D eigenvalue weighted by Crippen LogP contribution is -2.50. The fourth-order valence-electron chi connectivity index (χ4n) is 6.05. The maximum atomic E-state index is 13.3. The quantitative estimate of drug-likeness (QED) is 0.375. The van der Waals surface area contributed by atoms with Crippen LogP contribution in [0.3, 0.4) is 0 Å². The van der Waals surface area contributed by atoms with E-state index in [4.69, 9.17) is 4.55 Å². The van der Waals surface area contributed by atoms with Crippen molar-refractivity contribution in [2.24, 2.45) is 22.7 Å². The Morgan fingerprint density at radius 3 is 2.52 bits per heavy atom. The van der Waals surface area contributed by atoms with Gasteiger partial charge in [-0.05, 0) is 67.8 Å². The molecule has 0 aromatic rings. The van der Waals surface area contributed by atoms with Crippen molar-refractivity contribution in [1.82, 2.24) is 4.90 Å². The third-order valence-electron chi connectivity index (χ3n) is 8.38. The molecule has 0 bridgehead atoms. The number of fused-ring (bicyclic) bond motifs is 1. The summed E-state index contributed by atoms with van der Waals surface area (Å²) in [6, 6.07) is 0. The molecule has 0 aromatic heterocycles. The molecule has 0 amide bonds. The summed E-state index contributed by atoms with van der Waals surface area (Å²) in [4.78, 5) is 27.2. The van der Waals surface area contributed by atoms with Crippen LogP contribution in [-0.4, -0.2) is 48.8 Å². The summed E-state index contributed by atoms with van der Waals surface area (Å²) >= 11 is 0. The number of hydrogen-bond acceptors (Lipinski definition) is 5. The van der Waals surface area contributed by atoms with Gasteiger partial charge < -0.3 is 4.90 Å². The van der Waals surface area contributed by atoms with Gasteiger partial charge in [0.1, 0.15) is 0 Å². The Balaban J connectivity index is 1.86. The van der Waals surface area contributed by atoms with Crippen molar-refractivity contribution in [2.45, 2.75) is 59.8 Å². The lowest BCUT2D eigenvalue weighted by atomic mass is 9.46. The zero-order valence-corrected chi connectivity index (χ0v) is 20.1. The van der Waals surface area contributed by atoms with Gasteiger partial charge in [0.05, 0.1) is 11.4 Å². The zero-order valence-electron chi connectivity index (χ0n) is 19.3. The smallest absolute Gasteiger partial charge is 0.266 e. The van der Waals surface area contributed by atoms with E-state index in [1.54, 1.807) is 7.05 Å². The van der Waals surface area contributed by atoms with E-state index in [1.807, 2.05) is 0 Å². The summed E-state index contributed by atoms with van der Waals surface area (Å²) in [6.07, 6.45) is 9.97. The molecule has 6 nitrogen and oxygen atoms in total. The minimum Gasteiger partial charge on any atom is -0.370 e. The van der Waals surface area contributed by atoms with Crippen LogP contribution in [0.4, 0.5) is 0 Å². The number of carbonyl (C=O) groups excluding carboxylic acids is 2. The molecule has 0 heterocycles. The van der Waals surface area contributed by atoms with Crippen LogP contribution in [0.1, 0.15) is 59.8 Å². The Labute approximate surface area is 186 Å². The highest BCUT2D eigenvalue weighted by Gasteiger charge is 2.53. The van der Waals surface area contributed by atoms with Crippen LogP contribution >= 0.6 is 0 Å². The topological polar surface area (TPSA) is 91.8 Å². The standard InChI is InChI=1S/C24H35NO5S/c1-16-7-6-8-21-23(16,3)10-9-17(2)24(21,4)15-18-13-19(26)14-20(22(18)27)25(5)11-12-31(28,29)30/h7,13-14,17,21H,6,8-12,15H2,1-5H3,(H,28,29,30). The summed E-state index contributed by atoms with van der Waals surface area (Å²) < 4.78 is 31.2. The molecule has 0 spiro atoms. The molecule has 0 radical (unpaired) electrons. The number of rotatable bonds is 6. The molecule has 172 valence electrons. The number of likely N-dealkylation sites (N-methyl/N-ethyl adjacent to an activating group) is 1. The van der Waals surface area contributed by atoms with Gasteiger partial charge in [-0.15, -0.1) is 0 Å². The van der Waals surface area contributed by atoms with Crippen molar-refractivity contribution in [1.29, 1.82) is 0 Å². The second-order valence-corrected chi connectivity index (χ2v) is 11.8. The van der Waals surface area contributed by atoms with Gasteiger partial charge in [-0.3, -0.25) is 14.1 Å². The van der Waals surface area contributed by atoms with Gasteiger partial charge in [-0.1, -0.05) is 32.4 Å². The highest BCUT2D eigenvalue weighted by molar-refractivity contribution is 7.85. The molecule has 1 fully saturated rings. The molecule has 31 heavy (non-hydrogen) atoms. The van der Waals surface area contributed by atoms with Gasteiger partial charge in [0.15, 0.2) is 5.78 Å². The molecule has 0 aromatic carbocycles. The number of carbonyl (C=O) groups is 2. The maximum Gasteiger partial charge on any atom is 0.266 e. The molecule has 0 saturated heterocycles. The normalized spacial score (nSPS) is 33.9. The Morgan fingerprint density at radius 2 is 1.87 bits per heavy atom. The van der Waals surface area contributed by atoms with E-state index in [0.717, 1.165) is 25.7 Å². The van der Waals surface area contributed by atoms with Gasteiger partial charge in [-0.2, -0.15) is 8.42 Å². The van der Waals surface area contributed by atoms with E-state index in [-0.39, 0.29) is 34.6 Å². The van der Waals surface area contributed by atoms with Crippen molar-refractivity contribution < 1.29 is 22.6 Å². The van der Waals surface area contributed by atoms with Crippen molar-refractivity contribution in [3.8, 4) is 0 Å². The fourth-order valence-corrected chi connectivity index (χ4v) is 6.56. The van der Waals surface area contributed by atoms with E-state index >= 15 is 0 Å². The molecular weight excluding hydrogens is 414 g/mol. The van der Waals surface area contributed by atoms with Crippen LogP contribution in [-0.2, 0) is 19.7 Å². The molecule has 3 aliphatic carbocycles. The number of nitrogens with zero attached hydrogens (tertiary/aromatic N) is 1. The van der Waals surface area contributed by atoms with E-state index < -0.39 is 15.9 Å². The maximum absolute atomic E-state index is 13.3. The number of Topliss-reactive ketones (excluding diaryl/α,β-unsaturated/α-hetero) is 1. The molecule has 3 aliphatic rings. The van der Waals surface area contributed by atoms with Crippen LogP contribution in [0.15, 0.2) is 35.1 Å². The highest BCUT2D eigenvalue weighted by atomic mass is 32.2. The summed E-state index contributed by atoms with van der Waals surface area (Å²) in [5, 5.41) is 0. The Hall–Kier alpha value is -1.73. The second kappa shape index (κ2) is 8.32. The molecule has 1 saturated carbocycles. The monoisotopic (exact) mass is 449 g/mol. The minimum atomic E-state index is -4.15. The van der Waals surface area contributed by atoms with Crippen molar-refractivity contribution in [3.05, 3.63) is 35.1 Å². The molecule has 0 aliphatic heterocycles. The van der Waals surface area contributed by atoms with Gasteiger partial charge in [-0.25, -0.2) is 0 Å². The van der Waals surface area contributed by atoms with Gasteiger partial charge >= 0.3 is 0 Å². The number of ketones is 2. The number of hydrogen-bond donors (Lipinski definition) is 1. The Kier molecular flexibility index (Phi) is 6.42. The van der Waals surface area contributed by atoms with E-state index in [0.29, 0.717) is 23.8 Å². The summed E-state index contributed by atoms with van der Waals surface area (Å²) in [7, 11) is -2.58. The molecule has 1 N–H and O–H groups in total. The van der Waals surface area contributed by atoms with E-state index in [9.17, 15) is 18.0 Å². The van der Waals surface area contributed by atoms with Crippen LogP contribution < -0.4 is 0 Å². The Bertz CT molecular complexity index is 976. The third-order valence-corrected chi connectivity index (χ3v) is 9.08. The first kappa shape index (κ1) is 23.9. The SMILES string of the molecule is CC1=CCCC2C1(C)CCC(C)C2(C)CC1=CC(=O)C=C(N(C)CCS(=O)(=O)O)C1=O. The summed E-state index contributed by atoms with van der Waals surface area (Å²) in [5.74, 6) is -0.113. The first-order chi connectivity index (χ1) is 14.3. The molecule has 3 rings (SSSR count). The first-order valence-corrected chi connectivity index (χ1v) is 12.7. The highest BCUT2D eigenvalue weighted by Crippen LogP contribution is 2.62. The van der Waals surface area contributed by atoms with Gasteiger partial charge in [0, 0.05) is 25.2 Å². The summed E-state index contributed by atoms with van der Waals surface area (Å²) in [6.45, 7) is 9.05. The lowest BCUT2D eigenvalue weighted by molar-refractivity contribution is -0.117. The predicted molar refractivity (Wildman–Crippen MR) is 121 cm³/mol. The fraction of sp³-hybridized carbons (Fsp3) is 0.667. The number of allylic oxidation sites excluding steroid dienone is 5. The van der Waals surface area contributed by atoms with Crippen LogP contribution in [0.5, 0.6) is 0 Å². The zero-order chi connectivity index (χ0) is 23.2. The van der Waals surface area contributed by atoms with E-state index in [1.165, 1.54) is 22.6 Å². The molecule has 4 unspecified atom stereocenters. The average Bonchev–Trinajstić information content (AvgIpc) is 2.67. The van der Waals surface area contributed by atoms with Crippen LogP contribution in [0.2, 0.25) is 0 Å². The third kappa shape index (κ3) is 4.58. The Morgan fingerprint density at radius 1 is 1.19 bits per heavy atom. The van der Waals surface area contributed by atoms with Gasteiger partial charge in [0.2, 0.25) is 5.78 Å². The van der Waals surface area contributed by atoms with Crippen LogP contribution in [0.25, 0.3) is 0 Å². The van der Waals surface area contributed by atoms with E-state index in [2.05, 4.69) is 33.8 Å². The predicted octanol–water partition coefficient (Wildman–Crippen LogP) is 3.96. The molecule has 7 heteroatoms. The first-order valence-electron chi connectivity index (χ1n) is 11.1.